The molecule has 0 unspecified atom stereocenters. The molecule has 0 aromatic heterocycles. The average molecular weight is 124 g/mol. The SMILES string of the molecule is C=CC1=CCCNN1C. The van der Waals surface area contributed by atoms with Gasteiger partial charge in [-0.3, -0.25) is 0 Å². The highest BCUT2D eigenvalue weighted by Gasteiger charge is 2.02. The number of nitrogens with one attached hydrogen (secondary N) is 1. The number of rotatable bonds is 1. The first-order valence-electron chi connectivity index (χ1n) is 3.14. The van der Waals surface area contributed by atoms with Gasteiger partial charge in [-0.25, -0.2) is 5.43 Å². The van der Waals surface area contributed by atoms with E-state index in [4.69, 9.17) is 0 Å². The molecule has 2 heteroatoms. The van der Waals surface area contributed by atoms with Crippen LogP contribution >= 0.6 is 0 Å². The molecule has 1 N–H and O–H groups in total. The van der Waals surface area contributed by atoms with Gasteiger partial charge >= 0.3 is 0 Å². The van der Waals surface area contributed by atoms with Gasteiger partial charge in [0.15, 0.2) is 0 Å². The maximum absolute atomic E-state index is 3.68. The third-order valence-electron chi connectivity index (χ3n) is 1.44. The van der Waals surface area contributed by atoms with Crippen molar-refractivity contribution in [3.05, 3.63) is 24.4 Å². The molecule has 0 fully saturated rings. The lowest BCUT2D eigenvalue weighted by atomic mass is 10.3. The number of likely N-dealkylation sites (N-methyl/N-ethyl adjacent to an activating group) is 1. The maximum Gasteiger partial charge on any atom is 0.0471 e. The average Bonchev–Trinajstić information content (AvgIpc) is 1.89. The molecule has 1 heterocycles. The second-order valence-electron chi connectivity index (χ2n) is 2.09. The van der Waals surface area contributed by atoms with Crippen LogP contribution in [0.2, 0.25) is 0 Å². The molecule has 0 aliphatic carbocycles. The van der Waals surface area contributed by atoms with Crippen molar-refractivity contribution in [3.8, 4) is 0 Å². The monoisotopic (exact) mass is 124 g/mol. The third-order valence-corrected chi connectivity index (χ3v) is 1.44. The summed E-state index contributed by atoms with van der Waals surface area (Å²) in [7, 11) is 1.99. The Bertz CT molecular complexity index is 138. The number of nitrogens with zero attached hydrogens (tertiary/aromatic N) is 1. The van der Waals surface area contributed by atoms with E-state index in [0.29, 0.717) is 0 Å². The Hall–Kier alpha value is -0.760. The Morgan fingerprint density at radius 1 is 1.89 bits per heavy atom. The quantitative estimate of drug-likeness (QED) is 0.558. The predicted molar refractivity (Wildman–Crippen MR) is 38.7 cm³/mol. The number of allylic oxidation sites excluding steroid dienone is 1. The summed E-state index contributed by atoms with van der Waals surface area (Å²) in [5.74, 6) is 0. The van der Waals surface area contributed by atoms with Crippen LogP contribution in [0.4, 0.5) is 0 Å². The van der Waals surface area contributed by atoms with Gasteiger partial charge in [0.25, 0.3) is 0 Å². The first-order valence-corrected chi connectivity index (χ1v) is 3.14. The molecule has 0 amide bonds. The minimum absolute atomic E-state index is 1.04. The molecule has 0 radical (unpaired) electrons. The fourth-order valence-corrected chi connectivity index (χ4v) is 0.901. The zero-order chi connectivity index (χ0) is 6.69. The summed E-state index contributed by atoms with van der Waals surface area (Å²) in [5.41, 5.74) is 4.34. The van der Waals surface area contributed by atoms with Crippen LogP contribution < -0.4 is 5.43 Å². The largest absolute Gasteiger partial charge is 0.312 e. The molecule has 2 nitrogen and oxygen atoms in total. The molecular formula is C7H12N2. The summed E-state index contributed by atoms with van der Waals surface area (Å²) >= 11 is 0. The summed E-state index contributed by atoms with van der Waals surface area (Å²) in [6, 6.07) is 0. The minimum Gasteiger partial charge on any atom is -0.312 e. The van der Waals surface area contributed by atoms with Crippen molar-refractivity contribution in [1.29, 1.82) is 0 Å². The van der Waals surface area contributed by atoms with Crippen molar-refractivity contribution in [3.63, 3.8) is 0 Å². The standard InChI is InChI=1S/C7H12N2/c1-3-7-5-4-6-8-9(7)2/h3,5,8H,1,4,6H2,2H3. The Balaban J connectivity index is 2.63. The van der Waals surface area contributed by atoms with Crippen LogP contribution in [0, 0.1) is 0 Å². The van der Waals surface area contributed by atoms with Crippen LogP contribution in [0.5, 0.6) is 0 Å². The summed E-state index contributed by atoms with van der Waals surface area (Å²) < 4.78 is 0. The Kier molecular flexibility index (Phi) is 1.90. The van der Waals surface area contributed by atoms with E-state index < -0.39 is 0 Å². The van der Waals surface area contributed by atoms with Gasteiger partial charge in [-0.1, -0.05) is 12.7 Å². The molecular weight excluding hydrogens is 112 g/mol. The van der Waals surface area contributed by atoms with Gasteiger partial charge in [-0.05, 0) is 12.5 Å². The Morgan fingerprint density at radius 2 is 2.67 bits per heavy atom. The number of hydrogen-bond donors (Lipinski definition) is 1. The van der Waals surface area contributed by atoms with E-state index in [1.165, 1.54) is 5.70 Å². The molecule has 1 aliphatic rings. The lowest BCUT2D eigenvalue weighted by Crippen LogP contribution is -2.36. The lowest BCUT2D eigenvalue weighted by Gasteiger charge is -2.24. The van der Waals surface area contributed by atoms with Crippen LogP contribution in [0.1, 0.15) is 6.42 Å². The van der Waals surface area contributed by atoms with Gasteiger partial charge in [0.1, 0.15) is 0 Å². The molecule has 0 spiro atoms. The van der Waals surface area contributed by atoms with Crippen LogP contribution in [-0.2, 0) is 0 Å². The van der Waals surface area contributed by atoms with Gasteiger partial charge in [0.05, 0.1) is 0 Å². The first-order chi connectivity index (χ1) is 4.34. The predicted octanol–water partition coefficient (Wildman–Crippen LogP) is 0.896. The summed E-state index contributed by atoms with van der Waals surface area (Å²) in [6.07, 6.45) is 5.13. The molecule has 1 aliphatic heterocycles. The van der Waals surface area contributed by atoms with E-state index >= 15 is 0 Å². The van der Waals surface area contributed by atoms with E-state index in [9.17, 15) is 0 Å². The van der Waals surface area contributed by atoms with Gasteiger partial charge in [-0.15, -0.1) is 0 Å². The van der Waals surface area contributed by atoms with Crippen molar-refractivity contribution in [2.24, 2.45) is 0 Å². The van der Waals surface area contributed by atoms with Crippen LogP contribution in [0.25, 0.3) is 0 Å². The molecule has 50 valence electrons. The fraction of sp³-hybridized carbons (Fsp3) is 0.429. The van der Waals surface area contributed by atoms with Gasteiger partial charge in [-0.2, -0.15) is 0 Å². The van der Waals surface area contributed by atoms with Gasteiger partial charge in [0, 0.05) is 19.3 Å². The summed E-state index contributed by atoms with van der Waals surface area (Å²) in [4.78, 5) is 0. The minimum atomic E-state index is 1.04. The van der Waals surface area contributed by atoms with E-state index in [0.717, 1.165) is 13.0 Å². The summed E-state index contributed by atoms with van der Waals surface area (Å²) in [6.45, 7) is 4.72. The van der Waals surface area contributed by atoms with E-state index in [1.54, 1.807) is 0 Å². The first kappa shape index (κ1) is 6.36. The smallest absolute Gasteiger partial charge is 0.0471 e. The van der Waals surface area contributed by atoms with Crippen LogP contribution in [0.3, 0.4) is 0 Å². The number of hydrazine groups is 1. The van der Waals surface area contributed by atoms with Crippen molar-refractivity contribution < 1.29 is 0 Å². The van der Waals surface area contributed by atoms with Gasteiger partial charge in [0.2, 0.25) is 0 Å². The maximum atomic E-state index is 3.68. The van der Waals surface area contributed by atoms with Crippen molar-refractivity contribution >= 4 is 0 Å². The normalized spacial score (nSPS) is 19.2. The molecule has 0 aromatic carbocycles. The topological polar surface area (TPSA) is 15.3 Å². The second-order valence-corrected chi connectivity index (χ2v) is 2.09. The fourth-order valence-electron chi connectivity index (χ4n) is 0.901. The molecule has 0 saturated carbocycles. The summed E-state index contributed by atoms with van der Waals surface area (Å²) in [5, 5.41) is 1.98. The zero-order valence-corrected chi connectivity index (χ0v) is 5.72. The molecule has 0 saturated heterocycles. The lowest BCUT2D eigenvalue weighted by molar-refractivity contribution is 0.295. The van der Waals surface area contributed by atoms with Crippen LogP contribution in [-0.4, -0.2) is 18.6 Å². The van der Waals surface area contributed by atoms with Crippen molar-refractivity contribution in [1.82, 2.24) is 10.4 Å². The highest BCUT2D eigenvalue weighted by Crippen LogP contribution is 2.04. The van der Waals surface area contributed by atoms with E-state index in [2.05, 4.69) is 18.1 Å². The highest BCUT2D eigenvalue weighted by atomic mass is 15.5. The zero-order valence-electron chi connectivity index (χ0n) is 5.72. The van der Waals surface area contributed by atoms with E-state index in [-0.39, 0.29) is 0 Å². The molecule has 0 aromatic rings. The Morgan fingerprint density at radius 3 is 3.11 bits per heavy atom. The van der Waals surface area contributed by atoms with Gasteiger partial charge < -0.3 is 5.01 Å². The van der Waals surface area contributed by atoms with Crippen molar-refractivity contribution in [2.75, 3.05) is 13.6 Å². The Labute approximate surface area is 55.8 Å². The van der Waals surface area contributed by atoms with E-state index in [1.807, 2.05) is 18.1 Å². The molecule has 9 heavy (non-hydrogen) atoms. The van der Waals surface area contributed by atoms with Crippen molar-refractivity contribution in [2.45, 2.75) is 6.42 Å². The second kappa shape index (κ2) is 2.69. The molecule has 1 rings (SSSR count). The number of hydrogen-bond acceptors (Lipinski definition) is 2. The molecule has 0 atom stereocenters. The highest BCUT2D eigenvalue weighted by molar-refractivity contribution is 5.15. The van der Waals surface area contributed by atoms with Crippen LogP contribution in [0.15, 0.2) is 24.4 Å². The molecule has 0 bridgehead atoms. The third kappa shape index (κ3) is 1.33.